The largest absolute Gasteiger partial charge is 0.496 e. The second kappa shape index (κ2) is 13.1. The average Bonchev–Trinajstić information content (AvgIpc) is 2.73. The molecule has 0 aromatic heterocycles. The summed E-state index contributed by atoms with van der Waals surface area (Å²) in [6.45, 7) is 3.08. The van der Waals surface area contributed by atoms with Crippen molar-refractivity contribution in [3.8, 4) is 17.2 Å². The van der Waals surface area contributed by atoms with Crippen molar-refractivity contribution in [3.05, 3.63) is 17.7 Å². The Morgan fingerprint density at radius 1 is 1.03 bits per heavy atom. The van der Waals surface area contributed by atoms with E-state index >= 15 is 0 Å². The molecule has 0 amide bonds. The SMILES string of the molecule is CCNC(=NCCc1c(OC)cc(OC)cc1OC)NC1CCC(C(F)(F)F)CC1.I. The molecule has 2 N–H and O–H groups in total. The summed E-state index contributed by atoms with van der Waals surface area (Å²) in [7, 11) is 4.75. The maximum absolute atomic E-state index is 12.9. The van der Waals surface area contributed by atoms with Crippen LogP contribution in [0.3, 0.4) is 0 Å². The Bertz CT molecular complexity index is 684. The molecule has 1 fully saturated rings. The van der Waals surface area contributed by atoms with E-state index in [0.717, 1.165) is 5.56 Å². The zero-order valence-electron chi connectivity index (χ0n) is 18.5. The number of guanidine groups is 1. The Balaban J connectivity index is 0.00000480. The molecule has 6 nitrogen and oxygen atoms in total. The van der Waals surface area contributed by atoms with E-state index < -0.39 is 12.1 Å². The fraction of sp³-hybridized carbons (Fsp3) is 0.667. The number of rotatable bonds is 8. The van der Waals surface area contributed by atoms with E-state index in [9.17, 15) is 13.2 Å². The Morgan fingerprint density at radius 3 is 2.06 bits per heavy atom. The molecule has 0 spiro atoms. The second-order valence-electron chi connectivity index (χ2n) is 7.26. The number of halogens is 4. The van der Waals surface area contributed by atoms with Gasteiger partial charge in [-0.2, -0.15) is 13.2 Å². The lowest BCUT2D eigenvalue weighted by atomic mass is 9.85. The first-order valence-electron chi connectivity index (χ1n) is 10.2. The van der Waals surface area contributed by atoms with Gasteiger partial charge in [0.25, 0.3) is 0 Å². The molecule has 0 heterocycles. The van der Waals surface area contributed by atoms with Gasteiger partial charge in [0.1, 0.15) is 17.2 Å². The zero-order valence-corrected chi connectivity index (χ0v) is 20.8. The number of hydrogen-bond acceptors (Lipinski definition) is 4. The van der Waals surface area contributed by atoms with Gasteiger partial charge in [-0.3, -0.25) is 4.99 Å². The Labute approximate surface area is 199 Å². The molecule has 1 aromatic carbocycles. The van der Waals surface area contributed by atoms with Crippen molar-refractivity contribution in [2.45, 2.75) is 51.2 Å². The first-order chi connectivity index (χ1) is 14.3. The monoisotopic (exact) mass is 559 g/mol. The van der Waals surface area contributed by atoms with E-state index in [1.165, 1.54) is 0 Å². The van der Waals surface area contributed by atoms with E-state index in [2.05, 4.69) is 15.6 Å². The fourth-order valence-electron chi connectivity index (χ4n) is 3.68. The van der Waals surface area contributed by atoms with Gasteiger partial charge in [0.05, 0.1) is 27.2 Å². The van der Waals surface area contributed by atoms with E-state index in [0.29, 0.717) is 55.6 Å². The summed E-state index contributed by atoms with van der Waals surface area (Å²) in [6, 6.07) is 3.58. The van der Waals surface area contributed by atoms with Crippen LogP contribution < -0.4 is 24.8 Å². The van der Waals surface area contributed by atoms with Crippen molar-refractivity contribution < 1.29 is 27.4 Å². The third kappa shape index (κ3) is 8.12. The Hall–Kier alpha value is -1.59. The minimum Gasteiger partial charge on any atom is -0.496 e. The first-order valence-corrected chi connectivity index (χ1v) is 10.2. The summed E-state index contributed by atoms with van der Waals surface area (Å²) in [4.78, 5) is 4.59. The summed E-state index contributed by atoms with van der Waals surface area (Å²) >= 11 is 0. The van der Waals surface area contributed by atoms with Gasteiger partial charge in [0.15, 0.2) is 5.96 Å². The third-order valence-corrected chi connectivity index (χ3v) is 5.32. The number of alkyl halides is 3. The lowest BCUT2D eigenvalue weighted by Crippen LogP contribution is -2.46. The van der Waals surface area contributed by atoms with Gasteiger partial charge in [-0.15, -0.1) is 24.0 Å². The number of hydrogen-bond donors (Lipinski definition) is 2. The van der Waals surface area contributed by atoms with Crippen LogP contribution in [0.1, 0.15) is 38.2 Å². The molecule has 0 bridgehead atoms. The van der Waals surface area contributed by atoms with Crippen molar-refractivity contribution >= 4 is 29.9 Å². The summed E-state index contributed by atoms with van der Waals surface area (Å²) in [6.07, 6.45) is -2.25. The summed E-state index contributed by atoms with van der Waals surface area (Å²) < 4.78 is 54.8. The molecule has 0 aliphatic heterocycles. The minimum atomic E-state index is -4.10. The molecule has 0 saturated heterocycles. The molecule has 1 aliphatic rings. The van der Waals surface area contributed by atoms with Crippen molar-refractivity contribution in [2.75, 3.05) is 34.4 Å². The predicted molar refractivity (Wildman–Crippen MR) is 126 cm³/mol. The number of aliphatic imine (C=N–C) groups is 1. The average molecular weight is 559 g/mol. The fourth-order valence-corrected chi connectivity index (χ4v) is 3.68. The standard InChI is InChI=1S/C21H32F3N3O3.HI/c1-5-25-20(27-15-8-6-14(7-9-15)21(22,23)24)26-11-10-17-18(29-3)12-16(28-2)13-19(17)30-4;/h12-15H,5-11H2,1-4H3,(H2,25,26,27);1H. The number of methoxy groups -OCH3 is 3. The van der Waals surface area contributed by atoms with Crippen LogP contribution in [-0.2, 0) is 6.42 Å². The van der Waals surface area contributed by atoms with Crippen LogP contribution in [0, 0.1) is 5.92 Å². The third-order valence-electron chi connectivity index (χ3n) is 5.32. The number of nitrogens with one attached hydrogen (secondary N) is 2. The zero-order chi connectivity index (χ0) is 22.1. The van der Waals surface area contributed by atoms with Gasteiger partial charge < -0.3 is 24.8 Å². The highest BCUT2D eigenvalue weighted by atomic mass is 127. The van der Waals surface area contributed by atoms with E-state index in [1.54, 1.807) is 33.5 Å². The van der Waals surface area contributed by atoms with Crippen molar-refractivity contribution in [1.82, 2.24) is 10.6 Å². The molecule has 1 aliphatic carbocycles. The predicted octanol–water partition coefficient (Wildman–Crippen LogP) is 4.55. The quantitative estimate of drug-likeness (QED) is 0.278. The molecule has 1 saturated carbocycles. The van der Waals surface area contributed by atoms with E-state index in [-0.39, 0.29) is 42.9 Å². The van der Waals surface area contributed by atoms with Gasteiger partial charge in [-0.25, -0.2) is 0 Å². The van der Waals surface area contributed by atoms with Gasteiger partial charge in [0.2, 0.25) is 0 Å². The Kier molecular flexibility index (Phi) is 11.6. The van der Waals surface area contributed by atoms with Gasteiger partial charge >= 0.3 is 6.18 Å². The molecule has 2 rings (SSSR count). The summed E-state index contributed by atoms with van der Waals surface area (Å²) in [5, 5.41) is 6.45. The van der Waals surface area contributed by atoms with Crippen molar-refractivity contribution in [3.63, 3.8) is 0 Å². The molecule has 178 valence electrons. The highest BCUT2D eigenvalue weighted by molar-refractivity contribution is 14.0. The van der Waals surface area contributed by atoms with Crippen molar-refractivity contribution in [2.24, 2.45) is 10.9 Å². The smallest absolute Gasteiger partial charge is 0.391 e. The maximum atomic E-state index is 12.9. The summed E-state index contributed by atoms with van der Waals surface area (Å²) in [5.74, 6) is 1.37. The highest BCUT2D eigenvalue weighted by Crippen LogP contribution is 2.37. The van der Waals surface area contributed by atoms with Gasteiger partial charge in [0, 0.05) is 36.8 Å². The van der Waals surface area contributed by atoms with Crippen LogP contribution in [0.4, 0.5) is 13.2 Å². The topological polar surface area (TPSA) is 64.1 Å². The Morgan fingerprint density at radius 2 is 1.61 bits per heavy atom. The lowest BCUT2D eigenvalue weighted by molar-refractivity contribution is -0.182. The number of benzene rings is 1. The second-order valence-corrected chi connectivity index (χ2v) is 7.26. The van der Waals surface area contributed by atoms with Crippen molar-refractivity contribution in [1.29, 1.82) is 0 Å². The molecule has 31 heavy (non-hydrogen) atoms. The molecule has 0 atom stereocenters. The molecular weight excluding hydrogens is 526 g/mol. The summed E-state index contributed by atoms with van der Waals surface area (Å²) in [5.41, 5.74) is 0.881. The van der Waals surface area contributed by atoms with Crippen LogP contribution >= 0.6 is 24.0 Å². The minimum absolute atomic E-state index is 0. The van der Waals surface area contributed by atoms with E-state index in [1.807, 2.05) is 6.92 Å². The van der Waals surface area contributed by atoms with Crippen LogP contribution in [0.15, 0.2) is 17.1 Å². The molecule has 0 unspecified atom stereocenters. The van der Waals surface area contributed by atoms with Gasteiger partial charge in [-0.1, -0.05) is 0 Å². The molecular formula is C21H33F3IN3O3. The van der Waals surface area contributed by atoms with Gasteiger partial charge in [-0.05, 0) is 39.0 Å². The normalized spacial score (nSPS) is 19.3. The maximum Gasteiger partial charge on any atom is 0.391 e. The molecule has 0 radical (unpaired) electrons. The number of ether oxygens (including phenoxy) is 3. The van der Waals surface area contributed by atoms with E-state index in [4.69, 9.17) is 14.2 Å². The lowest BCUT2D eigenvalue weighted by Gasteiger charge is -2.31. The highest BCUT2D eigenvalue weighted by Gasteiger charge is 2.41. The van der Waals surface area contributed by atoms with Crippen LogP contribution in [0.5, 0.6) is 17.2 Å². The molecule has 1 aromatic rings. The number of nitrogens with zero attached hydrogens (tertiary/aromatic N) is 1. The van der Waals surface area contributed by atoms with Crippen LogP contribution in [0.25, 0.3) is 0 Å². The first kappa shape index (κ1) is 27.4. The molecule has 10 heteroatoms. The van der Waals surface area contributed by atoms with Crippen LogP contribution in [-0.4, -0.2) is 52.6 Å². The van der Waals surface area contributed by atoms with Crippen LogP contribution in [0.2, 0.25) is 0 Å².